The van der Waals surface area contributed by atoms with Gasteiger partial charge in [0.05, 0.1) is 12.6 Å². The first-order chi connectivity index (χ1) is 21.4. The topological polar surface area (TPSA) is 65.5 Å². The van der Waals surface area contributed by atoms with Gasteiger partial charge in [0.15, 0.2) is 0 Å². The number of amides is 3. The van der Waals surface area contributed by atoms with Crippen molar-refractivity contribution in [3.63, 3.8) is 0 Å². The quantitative estimate of drug-likeness (QED) is 0.280. The summed E-state index contributed by atoms with van der Waals surface area (Å²) in [5.41, 5.74) is 4.84. The molecule has 2 aliphatic rings. The fourth-order valence-electron chi connectivity index (χ4n) is 6.19. The fraction of sp³-hybridized carbons (Fsp3) is 0.432. The van der Waals surface area contributed by atoms with Crippen molar-refractivity contribution >= 4 is 29.4 Å². The second kappa shape index (κ2) is 13.3. The van der Waals surface area contributed by atoms with Crippen molar-refractivity contribution in [1.29, 1.82) is 0 Å². The number of hydrogen-bond donors (Lipinski definition) is 0. The second-order valence-electron chi connectivity index (χ2n) is 13.3. The van der Waals surface area contributed by atoms with Crippen LogP contribution in [-0.4, -0.2) is 65.3 Å². The summed E-state index contributed by atoms with van der Waals surface area (Å²) in [6, 6.07) is 21.4. The second-order valence-corrected chi connectivity index (χ2v) is 13.8. The monoisotopic (exact) mass is 628 g/mol. The van der Waals surface area contributed by atoms with Crippen LogP contribution in [-0.2, 0) is 10.2 Å². The SMILES string of the molecule is CCOc1ccc(C2=N[C@@H](c3ccc(Cl)cc3)[C@@H](c3ccc(C)cc3)N2C(=O)N2CCN(C(=O)C(C)C)CC2)c(C(C)(C)C)c1. The molecule has 0 aromatic heterocycles. The largest absolute Gasteiger partial charge is 0.494 e. The molecule has 3 aromatic carbocycles. The van der Waals surface area contributed by atoms with E-state index in [-0.39, 0.29) is 35.4 Å². The molecule has 0 bridgehead atoms. The molecule has 3 aromatic rings. The standard InChI is InChI=1S/C37H45ClN4O3/c1-8-45-29-17-18-30(31(23-29)37(5,6)7)34-39-32(26-13-15-28(38)16-14-26)33(27-11-9-25(4)10-12-27)42(34)36(44)41-21-19-40(20-22-41)35(43)24(2)3/h9-18,23-24,32-33H,8,19-22H2,1-7H3/t32-,33+/m0/s1. The predicted molar refractivity (Wildman–Crippen MR) is 181 cm³/mol. The van der Waals surface area contributed by atoms with Gasteiger partial charge < -0.3 is 14.5 Å². The summed E-state index contributed by atoms with van der Waals surface area (Å²) >= 11 is 6.31. The zero-order valence-corrected chi connectivity index (χ0v) is 28.3. The normalized spacial score (nSPS) is 18.8. The van der Waals surface area contributed by atoms with Gasteiger partial charge in [-0.05, 0) is 66.3 Å². The van der Waals surface area contributed by atoms with Gasteiger partial charge >= 0.3 is 6.03 Å². The van der Waals surface area contributed by atoms with Gasteiger partial charge in [0.1, 0.15) is 17.6 Å². The minimum absolute atomic E-state index is 0.0777. The third kappa shape index (κ3) is 6.89. The highest BCUT2D eigenvalue weighted by Gasteiger charge is 2.45. The number of carbonyl (C=O) groups is 2. The molecular formula is C37H45ClN4O3. The number of urea groups is 1. The number of amidine groups is 1. The maximum Gasteiger partial charge on any atom is 0.326 e. The van der Waals surface area contributed by atoms with Crippen LogP contribution in [0, 0.1) is 12.8 Å². The van der Waals surface area contributed by atoms with Gasteiger partial charge in [0.2, 0.25) is 5.91 Å². The Bertz CT molecular complexity index is 1550. The lowest BCUT2D eigenvalue weighted by Crippen LogP contribution is -2.55. The smallest absolute Gasteiger partial charge is 0.326 e. The molecule has 3 amide bonds. The number of aryl methyl sites for hydroxylation is 1. The van der Waals surface area contributed by atoms with Crippen LogP contribution in [0.25, 0.3) is 0 Å². The van der Waals surface area contributed by atoms with Crippen LogP contribution in [0.2, 0.25) is 5.02 Å². The predicted octanol–water partition coefficient (Wildman–Crippen LogP) is 7.81. The number of piperazine rings is 1. The summed E-state index contributed by atoms with van der Waals surface area (Å²) in [5.74, 6) is 1.47. The van der Waals surface area contributed by atoms with Gasteiger partial charge in [0, 0.05) is 42.7 Å². The van der Waals surface area contributed by atoms with Crippen LogP contribution in [0.15, 0.2) is 71.7 Å². The average Bonchev–Trinajstić information content (AvgIpc) is 3.41. The molecule has 0 spiro atoms. The number of carbonyl (C=O) groups excluding carboxylic acids is 2. The highest BCUT2D eigenvalue weighted by Crippen LogP contribution is 2.46. The minimum atomic E-state index is -0.385. The Morgan fingerprint density at radius 2 is 1.51 bits per heavy atom. The Morgan fingerprint density at radius 1 is 0.911 bits per heavy atom. The Hall–Kier alpha value is -3.84. The third-order valence-corrected chi connectivity index (χ3v) is 8.86. The summed E-state index contributed by atoms with van der Waals surface area (Å²) in [6.45, 7) is 16.9. The van der Waals surface area contributed by atoms with E-state index in [1.54, 1.807) is 0 Å². The molecule has 0 unspecified atom stereocenters. The van der Waals surface area contributed by atoms with E-state index in [1.807, 2.05) is 71.9 Å². The molecule has 0 saturated carbocycles. The molecule has 2 atom stereocenters. The van der Waals surface area contributed by atoms with Crippen molar-refractivity contribution in [2.75, 3.05) is 32.8 Å². The van der Waals surface area contributed by atoms with E-state index in [4.69, 9.17) is 21.3 Å². The van der Waals surface area contributed by atoms with Crippen molar-refractivity contribution in [2.45, 2.75) is 66.0 Å². The molecule has 2 aliphatic heterocycles. The highest BCUT2D eigenvalue weighted by molar-refractivity contribution is 6.30. The average molecular weight is 629 g/mol. The van der Waals surface area contributed by atoms with Crippen molar-refractivity contribution in [2.24, 2.45) is 10.9 Å². The molecule has 0 aliphatic carbocycles. The number of halogens is 1. The van der Waals surface area contributed by atoms with Crippen LogP contribution in [0.3, 0.4) is 0 Å². The van der Waals surface area contributed by atoms with Crippen LogP contribution >= 0.6 is 11.6 Å². The molecular weight excluding hydrogens is 584 g/mol. The Balaban J connectivity index is 1.65. The Morgan fingerprint density at radius 3 is 2.09 bits per heavy atom. The molecule has 5 rings (SSSR count). The lowest BCUT2D eigenvalue weighted by Gasteiger charge is -2.39. The summed E-state index contributed by atoms with van der Waals surface area (Å²) in [6.07, 6.45) is 0. The van der Waals surface area contributed by atoms with Gasteiger partial charge in [0.25, 0.3) is 0 Å². The van der Waals surface area contributed by atoms with Crippen LogP contribution in [0.4, 0.5) is 4.79 Å². The molecule has 1 fully saturated rings. The molecule has 0 radical (unpaired) electrons. The van der Waals surface area contributed by atoms with Crippen LogP contribution in [0.1, 0.15) is 81.4 Å². The lowest BCUT2D eigenvalue weighted by molar-refractivity contribution is -0.135. The van der Waals surface area contributed by atoms with Crippen molar-refractivity contribution in [3.8, 4) is 5.75 Å². The van der Waals surface area contributed by atoms with E-state index < -0.39 is 0 Å². The molecule has 2 heterocycles. The maximum atomic E-state index is 14.8. The van der Waals surface area contributed by atoms with Gasteiger partial charge in [-0.15, -0.1) is 0 Å². The summed E-state index contributed by atoms with van der Waals surface area (Å²) in [7, 11) is 0. The Kier molecular flexibility index (Phi) is 9.59. The summed E-state index contributed by atoms with van der Waals surface area (Å²) < 4.78 is 5.90. The third-order valence-electron chi connectivity index (χ3n) is 8.61. The van der Waals surface area contributed by atoms with E-state index in [0.29, 0.717) is 43.6 Å². The number of aliphatic imine (C=N–C) groups is 1. The van der Waals surface area contributed by atoms with Gasteiger partial charge in [-0.25, -0.2) is 4.79 Å². The molecule has 238 valence electrons. The van der Waals surface area contributed by atoms with E-state index in [0.717, 1.165) is 33.6 Å². The lowest BCUT2D eigenvalue weighted by atomic mass is 9.83. The van der Waals surface area contributed by atoms with Crippen molar-refractivity contribution in [3.05, 3.63) is 99.6 Å². The number of benzene rings is 3. The fourth-order valence-corrected chi connectivity index (χ4v) is 6.32. The van der Waals surface area contributed by atoms with Crippen LogP contribution in [0.5, 0.6) is 5.75 Å². The summed E-state index contributed by atoms with van der Waals surface area (Å²) in [4.78, 5) is 38.6. The number of hydrogen-bond acceptors (Lipinski definition) is 4. The molecule has 7 nitrogen and oxygen atoms in total. The van der Waals surface area contributed by atoms with Gasteiger partial charge in [-0.2, -0.15) is 0 Å². The maximum absolute atomic E-state index is 14.8. The highest BCUT2D eigenvalue weighted by atomic mass is 35.5. The van der Waals surface area contributed by atoms with Crippen LogP contribution < -0.4 is 4.74 Å². The Labute approximate surface area is 272 Å². The zero-order valence-electron chi connectivity index (χ0n) is 27.5. The molecule has 45 heavy (non-hydrogen) atoms. The van der Waals surface area contributed by atoms with Crippen molar-refractivity contribution < 1.29 is 14.3 Å². The van der Waals surface area contributed by atoms with E-state index in [9.17, 15) is 9.59 Å². The first-order valence-electron chi connectivity index (χ1n) is 15.9. The number of nitrogens with zero attached hydrogens (tertiary/aromatic N) is 4. The summed E-state index contributed by atoms with van der Waals surface area (Å²) in [5, 5.41) is 0.649. The molecule has 0 N–H and O–H groups in total. The van der Waals surface area contributed by atoms with E-state index in [2.05, 4.69) is 58.0 Å². The number of rotatable bonds is 6. The first-order valence-corrected chi connectivity index (χ1v) is 16.3. The zero-order chi connectivity index (χ0) is 32.5. The molecule has 8 heteroatoms. The first kappa shape index (κ1) is 32.6. The van der Waals surface area contributed by atoms with E-state index in [1.165, 1.54) is 0 Å². The van der Waals surface area contributed by atoms with Gasteiger partial charge in [-0.3, -0.25) is 14.7 Å². The van der Waals surface area contributed by atoms with Crippen molar-refractivity contribution in [1.82, 2.24) is 14.7 Å². The van der Waals surface area contributed by atoms with E-state index >= 15 is 0 Å². The van der Waals surface area contributed by atoms with Gasteiger partial charge in [-0.1, -0.05) is 88.2 Å². The number of ether oxygens (including phenoxy) is 1. The minimum Gasteiger partial charge on any atom is -0.494 e. The molecule has 1 saturated heterocycles.